The van der Waals surface area contributed by atoms with Crippen LogP contribution < -0.4 is 5.32 Å². The van der Waals surface area contributed by atoms with Crippen molar-refractivity contribution in [3.05, 3.63) is 20.8 Å². The number of nitrogens with one attached hydrogen (secondary N) is 1. The largest absolute Gasteiger partial charge is 0.459 e. The molecule has 0 aliphatic carbocycles. The highest BCUT2D eigenvalue weighted by Crippen LogP contribution is 2.25. The summed E-state index contributed by atoms with van der Waals surface area (Å²) in [6.45, 7) is 7.86. The fraction of sp³-hybridized carbons (Fsp3) is 0.583. The zero-order chi connectivity index (χ0) is 13.1. The summed E-state index contributed by atoms with van der Waals surface area (Å²) in [4.78, 5) is 12.7. The molecule has 0 aliphatic heterocycles. The van der Waals surface area contributed by atoms with Crippen molar-refractivity contribution in [2.24, 2.45) is 0 Å². The molecular weight excluding hydrogens is 302 g/mol. The summed E-state index contributed by atoms with van der Waals surface area (Å²) in [7, 11) is 0. The molecule has 96 valence electrons. The number of thiophene rings is 1. The van der Waals surface area contributed by atoms with E-state index in [0.29, 0.717) is 0 Å². The molecule has 1 atom stereocenters. The van der Waals surface area contributed by atoms with E-state index in [0.717, 1.165) is 4.47 Å². The Hall–Kier alpha value is -0.390. The molecule has 0 amide bonds. The van der Waals surface area contributed by atoms with Gasteiger partial charge in [0.1, 0.15) is 5.60 Å². The lowest BCUT2D eigenvalue weighted by Crippen LogP contribution is -2.32. The van der Waals surface area contributed by atoms with E-state index in [2.05, 4.69) is 27.3 Å². The van der Waals surface area contributed by atoms with Gasteiger partial charge in [0.15, 0.2) is 0 Å². The molecule has 1 rings (SSSR count). The summed E-state index contributed by atoms with van der Waals surface area (Å²) in [5, 5.41) is 5.18. The van der Waals surface area contributed by atoms with Crippen molar-refractivity contribution in [2.75, 3.05) is 6.54 Å². The first-order chi connectivity index (χ1) is 7.78. The van der Waals surface area contributed by atoms with Crippen LogP contribution in [0, 0.1) is 0 Å². The van der Waals surface area contributed by atoms with E-state index in [4.69, 9.17) is 4.74 Å². The first kappa shape index (κ1) is 14.7. The van der Waals surface area contributed by atoms with Gasteiger partial charge in [-0.2, -0.15) is 0 Å². The zero-order valence-corrected chi connectivity index (χ0v) is 12.9. The molecule has 0 aliphatic rings. The van der Waals surface area contributed by atoms with Crippen LogP contribution in [-0.2, 0) is 9.53 Å². The van der Waals surface area contributed by atoms with Crippen molar-refractivity contribution in [3.8, 4) is 0 Å². The molecule has 0 spiro atoms. The van der Waals surface area contributed by atoms with Crippen molar-refractivity contribution in [1.82, 2.24) is 5.32 Å². The summed E-state index contributed by atoms with van der Waals surface area (Å²) in [5.74, 6) is -0.222. The van der Waals surface area contributed by atoms with Gasteiger partial charge in [-0.1, -0.05) is 0 Å². The Bertz CT molecular complexity index is 384. The number of hydrogen-bond acceptors (Lipinski definition) is 4. The van der Waals surface area contributed by atoms with Gasteiger partial charge in [0, 0.05) is 20.8 Å². The van der Waals surface area contributed by atoms with Gasteiger partial charge in [-0.3, -0.25) is 10.1 Å². The molecule has 0 saturated carbocycles. The quantitative estimate of drug-likeness (QED) is 0.863. The summed E-state index contributed by atoms with van der Waals surface area (Å²) in [5.41, 5.74) is -0.423. The molecule has 5 heteroatoms. The molecule has 1 aromatic rings. The van der Waals surface area contributed by atoms with E-state index in [1.807, 2.05) is 33.1 Å². The molecule has 1 aromatic heterocycles. The number of carbonyl (C=O) groups is 1. The molecule has 0 radical (unpaired) electrons. The third kappa shape index (κ3) is 5.66. The van der Waals surface area contributed by atoms with Crippen molar-refractivity contribution in [1.29, 1.82) is 0 Å². The molecule has 3 nitrogen and oxygen atoms in total. The summed E-state index contributed by atoms with van der Waals surface area (Å²) < 4.78 is 6.29. The lowest BCUT2D eigenvalue weighted by molar-refractivity contribution is -0.153. The summed E-state index contributed by atoms with van der Waals surface area (Å²) in [6.07, 6.45) is 0. The average Bonchev–Trinajstić information content (AvgIpc) is 2.58. The van der Waals surface area contributed by atoms with E-state index in [1.165, 1.54) is 4.88 Å². The van der Waals surface area contributed by atoms with E-state index < -0.39 is 5.60 Å². The molecular formula is C12H18BrNO2S. The van der Waals surface area contributed by atoms with Gasteiger partial charge in [-0.05, 0) is 49.7 Å². The van der Waals surface area contributed by atoms with Gasteiger partial charge in [0.2, 0.25) is 0 Å². The Balaban J connectivity index is 2.38. The van der Waals surface area contributed by atoms with Gasteiger partial charge in [-0.15, -0.1) is 11.3 Å². The van der Waals surface area contributed by atoms with E-state index >= 15 is 0 Å². The molecule has 0 bridgehead atoms. The van der Waals surface area contributed by atoms with Crippen LogP contribution in [0.25, 0.3) is 0 Å². The minimum absolute atomic E-state index is 0.152. The maximum Gasteiger partial charge on any atom is 0.320 e. The van der Waals surface area contributed by atoms with Crippen LogP contribution in [0.3, 0.4) is 0 Å². The third-order valence-corrected chi connectivity index (χ3v) is 3.86. The second-order valence-electron chi connectivity index (χ2n) is 4.86. The van der Waals surface area contributed by atoms with Crippen LogP contribution in [0.2, 0.25) is 0 Å². The number of carbonyl (C=O) groups excluding carboxylic acids is 1. The Kier molecular flexibility index (Phi) is 5.16. The molecule has 17 heavy (non-hydrogen) atoms. The topological polar surface area (TPSA) is 38.3 Å². The predicted molar refractivity (Wildman–Crippen MR) is 74.3 cm³/mol. The second kappa shape index (κ2) is 5.98. The van der Waals surface area contributed by atoms with E-state index in [1.54, 1.807) is 11.3 Å². The highest BCUT2D eigenvalue weighted by Gasteiger charge is 2.17. The van der Waals surface area contributed by atoms with Crippen molar-refractivity contribution in [3.63, 3.8) is 0 Å². The number of halogens is 1. The van der Waals surface area contributed by atoms with Crippen molar-refractivity contribution < 1.29 is 9.53 Å². The predicted octanol–water partition coefficient (Wildman–Crippen LogP) is 3.50. The fourth-order valence-corrected chi connectivity index (χ4v) is 2.75. The normalized spacial score (nSPS) is 13.5. The maximum absolute atomic E-state index is 11.5. The molecule has 1 unspecified atom stereocenters. The SMILES string of the molecule is CC(NCC(=O)OC(C)(C)C)c1cc(Br)cs1. The van der Waals surface area contributed by atoms with E-state index in [9.17, 15) is 4.79 Å². The van der Waals surface area contributed by atoms with Crippen LogP contribution in [0.4, 0.5) is 0 Å². The van der Waals surface area contributed by atoms with Gasteiger partial charge in [-0.25, -0.2) is 0 Å². The van der Waals surface area contributed by atoms with Gasteiger partial charge < -0.3 is 4.74 Å². The van der Waals surface area contributed by atoms with Crippen LogP contribution in [-0.4, -0.2) is 18.1 Å². The summed E-state index contributed by atoms with van der Waals surface area (Å²) in [6, 6.07) is 2.20. The zero-order valence-electron chi connectivity index (χ0n) is 10.5. The smallest absolute Gasteiger partial charge is 0.320 e. The van der Waals surface area contributed by atoms with Crippen LogP contribution in [0.5, 0.6) is 0 Å². The minimum Gasteiger partial charge on any atom is -0.459 e. The Morgan fingerprint density at radius 3 is 2.71 bits per heavy atom. The lowest BCUT2D eigenvalue weighted by atomic mass is 10.2. The maximum atomic E-state index is 11.5. The van der Waals surface area contributed by atoms with Crippen molar-refractivity contribution >= 4 is 33.2 Å². The van der Waals surface area contributed by atoms with Gasteiger partial charge in [0.25, 0.3) is 0 Å². The number of esters is 1. The highest BCUT2D eigenvalue weighted by atomic mass is 79.9. The first-order valence-corrected chi connectivity index (χ1v) is 7.14. The number of hydrogen-bond donors (Lipinski definition) is 1. The standard InChI is InChI=1S/C12H18BrNO2S/c1-8(10-5-9(13)7-17-10)14-6-11(15)16-12(2,3)4/h5,7-8,14H,6H2,1-4H3. The number of ether oxygens (including phenoxy) is 1. The average molecular weight is 320 g/mol. The van der Waals surface area contributed by atoms with Crippen LogP contribution in [0.15, 0.2) is 15.9 Å². The Morgan fingerprint density at radius 1 is 1.59 bits per heavy atom. The molecule has 1 heterocycles. The van der Waals surface area contributed by atoms with Crippen LogP contribution >= 0.6 is 27.3 Å². The third-order valence-electron chi connectivity index (χ3n) is 1.99. The Morgan fingerprint density at radius 2 is 2.24 bits per heavy atom. The number of rotatable bonds is 4. The second-order valence-corrected chi connectivity index (χ2v) is 6.71. The highest BCUT2D eigenvalue weighted by molar-refractivity contribution is 9.10. The van der Waals surface area contributed by atoms with Crippen molar-refractivity contribution in [2.45, 2.75) is 39.3 Å². The fourth-order valence-electron chi connectivity index (χ4n) is 1.27. The first-order valence-electron chi connectivity index (χ1n) is 5.47. The molecule has 1 N–H and O–H groups in total. The van der Waals surface area contributed by atoms with E-state index in [-0.39, 0.29) is 18.6 Å². The van der Waals surface area contributed by atoms with Crippen LogP contribution in [0.1, 0.15) is 38.6 Å². The van der Waals surface area contributed by atoms with Gasteiger partial charge >= 0.3 is 5.97 Å². The molecule has 0 aromatic carbocycles. The Labute approximate surface area is 115 Å². The molecule has 0 fully saturated rings. The lowest BCUT2D eigenvalue weighted by Gasteiger charge is -2.20. The summed E-state index contributed by atoms with van der Waals surface area (Å²) >= 11 is 5.07. The monoisotopic (exact) mass is 319 g/mol. The minimum atomic E-state index is -0.423. The molecule has 0 saturated heterocycles. The van der Waals surface area contributed by atoms with Gasteiger partial charge in [0.05, 0.1) is 6.54 Å².